The highest BCUT2D eigenvalue weighted by atomic mass is 19.3. The van der Waals surface area contributed by atoms with Crippen LogP contribution in [0.5, 0.6) is 0 Å². The Kier molecular flexibility index (Phi) is 4.02. The number of anilines is 1. The second-order valence-corrected chi connectivity index (χ2v) is 4.72. The van der Waals surface area contributed by atoms with Gasteiger partial charge in [0.1, 0.15) is 6.10 Å². The Balaban J connectivity index is 1.95. The zero-order chi connectivity index (χ0) is 13.9. The molecule has 1 saturated heterocycles. The van der Waals surface area contributed by atoms with Gasteiger partial charge < -0.3 is 10.1 Å². The Bertz CT molecular complexity index is 463. The molecule has 104 valence electrons. The van der Waals surface area contributed by atoms with E-state index in [0.717, 1.165) is 24.1 Å². The Hall–Kier alpha value is -1.65. The van der Waals surface area contributed by atoms with Crippen LogP contribution < -0.4 is 5.32 Å². The number of hydrogen-bond donors (Lipinski definition) is 1. The van der Waals surface area contributed by atoms with E-state index >= 15 is 0 Å². The molecule has 0 saturated carbocycles. The predicted octanol–water partition coefficient (Wildman–Crippen LogP) is 3.00. The van der Waals surface area contributed by atoms with Crippen molar-refractivity contribution >= 4 is 11.7 Å². The largest absolute Gasteiger partial charge is 0.456 e. The lowest BCUT2D eigenvalue weighted by atomic mass is 10.1. The SMILES string of the molecule is CCCc1ccccc1NCC1CC(F)(F)C(=O)O1. The van der Waals surface area contributed by atoms with Crippen LogP contribution in [0.3, 0.4) is 0 Å². The van der Waals surface area contributed by atoms with E-state index < -0.39 is 24.4 Å². The molecule has 0 radical (unpaired) electrons. The van der Waals surface area contributed by atoms with Crippen molar-refractivity contribution in [2.24, 2.45) is 0 Å². The average Bonchev–Trinajstić information content (AvgIpc) is 2.62. The van der Waals surface area contributed by atoms with E-state index in [0.29, 0.717) is 0 Å². The van der Waals surface area contributed by atoms with Crippen LogP contribution in [-0.2, 0) is 16.0 Å². The predicted molar refractivity (Wildman–Crippen MR) is 68.4 cm³/mol. The highest BCUT2D eigenvalue weighted by Crippen LogP contribution is 2.31. The van der Waals surface area contributed by atoms with Crippen molar-refractivity contribution < 1.29 is 18.3 Å². The number of alkyl halides is 2. The van der Waals surface area contributed by atoms with E-state index in [-0.39, 0.29) is 6.54 Å². The smallest absolute Gasteiger partial charge is 0.377 e. The number of cyclic esters (lactones) is 1. The number of nitrogens with one attached hydrogen (secondary N) is 1. The van der Waals surface area contributed by atoms with Crippen LogP contribution in [0.15, 0.2) is 24.3 Å². The molecule has 1 fully saturated rings. The van der Waals surface area contributed by atoms with Gasteiger partial charge in [-0.3, -0.25) is 0 Å². The van der Waals surface area contributed by atoms with E-state index in [1.807, 2.05) is 24.3 Å². The molecule has 1 atom stereocenters. The molecule has 1 aromatic rings. The third kappa shape index (κ3) is 3.22. The normalized spacial score (nSPS) is 21.2. The van der Waals surface area contributed by atoms with Gasteiger partial charge in [-0.1, -0.05) is 31.5 Å². The Labute approximate surface area is 111 Å². The van der Waals surface area contributed by atoms with Crippen LogP contribution in [-0.4, -0.2) is 24.5 Å². The molecule has 0 spiro atoms. The summed E-state index contributed by atoms with van der Waals surface area (Å²) in [4.78, 5) is 10.9. The van der Waals surface area contributed by atoms with E-state index in [1.165, 1.54) is 0 Å². The molecule has 0 aliphatic carbocycles. The molecule has 1 heterocycles. The van der Waals surface area contributed by atoms with E-state index in [4.69, 9.17) is 0 Å². The van der Waals surface area contributed by atoms with E-state index in [1.54, 1.807) is 0 Å². The number of carbonyl (C=O) groups is 1. The van der Waals surface area contributed by atoms with Gasteiger partial charge in [-0.25, -0.2) is 4.79 Å². The summed E-state index contributed by atoms with van der Waals surface area (Å²) in [5.41, 5.74) is 2.05. The molecule has 1 unspecified atom stereocenters. The summed E-state index contributed by atoms with van der Waals surface area (Å²) in [6.45, 7) is 2.29. The summed E-state index contributed by atoms with van der Waals surface area (Å²) in [6, 6.07) is 7.73. The topological polar surface area (TPSA) is 38.3 Å². The van der Waals surface area contributed by atoms with Gasteiger partial charge in [-0.2, -0.15) is 8.78 Å². The molecular formula is C14H17F2NO2. The first-order chi connectivity index (χ1) is 9.03. The van der Waals surface area contributed by atoms with Gasteiger partial charge in [0.25, 0.3) is 0 Å². The van der Waals surface area contributed by atoms with Gasteiger partial charge >= 0.3 is 11.9 Å². The number of aryl methyl sites for hydroxylation is 1. The Morgan fingerprint density at radius 3 is 2.79 bits per heavy atom. The fourth-order valence-electron chi connectivity index (χ4n) is 2.17. The first-order valence-electron chi connectivity index (χ1n) is 6.43. The molecule has 0 amide bonds. The molecule has 1 N–H and O–H groups in total. The van der Waals surface area contributed by atoms with E-state index in [9.17, 15) is 13.6 Å². The third-order valence-corrected chi connectivity index (χ3v) is 3.11. The minimum absolute atomic E-state index is 0.210. The van der Waals surface area contributed by atoms with Crippen LogP contribution in [0.25, 0.3) is 0 Å². The first-order valence-corrected chi connectivity index (χ1v) is 6.43. The van der Waals surface area contributed by atoms with Gasteiger partial charge in [-0.05, 0) is 18.1 Å². The number of ether oxygens (including phenoxy) is 1. The number of carbonyl (C=O) groups excluding carboxylic acids is 1. The van der Waals surface area contributed by atoms with Gasteiger partial charge in [-0.15, -0.1) is 0 Å². The van der Waals surface area contributed by atoms with Crippen molar-refractivity contribution in [3.05, 3.63) is 29.8 Å². The molecule has 1 aromatic carbocycles. The van der Waals surface area contributed by atoms with Crippen molar-refractivity contribution in [1.82, 2.24) is 0 Å². The molecule has 0 aromatic heterocycles. The maximum Gasteiger partial charge on any atom is 0.377 e. The molecule has 5 heteroatoms. The van der Waals surface area contributed by atoms with Crippen molar-refractivity contribution in [3.63, 3.8) is 0 Å². The highest BCUT2D eigenvalue weighted by molar-refractivity contribution is 5.79. The van der Waals surface area contributed by atoms with Crippen LogP contribution in [0.2, 0.25) is 0 Å². The molecule has 0 bridgehead atoms. The summed E-state index contributed by atoms with van der Waals surface area (Å²) < 4.78 is 30.7. The van der Waals surface area contributed by atoms with Gasteiger partial charge in [0.15, 0.2) is 0 Å². The number of rotatable bonds is 5. The first kappa shape index (κ1) is 13.8. The average molecular weight is 269 g/mol. The molecule has 1 aliphatic rings. The summed E-state index contributed by atoms with van der Waals surface area (Å²) in [7, 11) is 0. The lowest BCUT2D eigenvalue weighted by molar-refractivity contribution is -0.158. The third-order valence-electron chi connectivity index (χ3n) is 3.11. The quantitative estimate of drug-likeness (QED) is 0.835. The lowest BCUT2D eigenvalue weighted by Crippen LogP contribution is -2.22. The maximum absolute atomic E-state index is 13.0. The number of benzene rings is 1. The number of halogens is 2. The van der Waals surface area contributed by atoms with Crippen molar-refractivity contribution in [2.45, 2.75) is 38.2 Å². The fraction of sp³-hybridized carbons (Fsp3) is 0.500. The molecule has 3 nitrogen and oxygen atoms in total. The lowest BCUT2D eigenvalue weighted by Gasteiger charge is -2.14. The number of esters is 1. The standard InChI is InChI=1S/C14H17F2NO2/c1-2-5-10-6-3-4-7-12(10)17-9-11-8-14(15,16)13(18)19-11/h3-4,6-7,11,17H,2,5,8-9H2,1H3. The minimum atomic E-state index is -3.34. The van der Waals surface area contributed by atoms with Crippen LogP contribution in [0, 0.1) is 0 Å². The van der Waals surface area contributed by atoms with Gasteiger partial charge in [0.2, 0.25) is 0 Å². The second-order valence-electron chi connectivity index (χ2n) is 4.72. The summed E-state index contributed by atoms with van der Waals surface area (Å²) in [5, 5.41) is 3.09. The summed E-state index contributed by atoms with van der Waals surface area (Å²) in [6.07, 6.45) is 0.616. The van der Waals surface area contributed by atoms with Crippen molar-refractivity contribution in [1.29, 1.82) is 0 Å². The van der Waals surface area contributed by atoms with Crippen molar-refractivity contribution in [3.8, 4) is 0 Å². The minimum Gasteiger partial charge on any atom is -0.456 e. The summed E-state index contributed by atoms with van der Waals surface area (Å²) >= 11 is 0. The monoisotopic (exact) mass is 269 g/mol. The summed E-state index contributed by atoms with van der Waals surface area (Å²) in [5.74, 6) is -4.75. The van der Waals surface area contributed by atoms with Crippen LogP contribution in [0.4, 0.5) is 14.5 Å². The van der Waals surface area contributed by atoms with E-state index in [2.05, 4.69) is 17.0 Å². The van der Waals surface area contributed by atoms with Crippen LogP contribution in [0.1, 0.15) is 25.3 Å². The number of hydrogen-bond acceptors (Lipinski definition) is 3. The Morgan fingerprint density at radius 2 is 2.16 bits per heavy atom. The van der Waals surface area contributed by atoms with Crippen LogP contribution >= 0.6 is 0 Å². The zero-order valence-corrected chi connectivity index (χ0v) is 10.8. The second kappa shape index (κ2) is 5.55. The number of para-hydroxylation sites is 1. The zero-order valence-electron chi connectivity index (χ0n) is 10.8. The van der Waals surface area contributed by atoms with Gasteiger partial charge in [0.05, 0.1) is 13.0 Å². The van der Waals surface area contributed by atoms with Gasteiger partial charge in [0, 0.05) is 5.69 Å². The Morgan fingerprint density at radius 1 is 1.42 bits per heavy atom. The maximum atomic E-state index is 13.0. The fourth-order valence-corrected chi connectivity index (χ4v) is 2.17. The molecule has 1 aliphatic heterocycles. The molecule has 19 heavy (non-hydrogen) atoms. The molecule has 2 rings (SSSR count). The van der Waals surface area contributed by atoms with Crippen molar-refractivity contribution in [2.75, 3.05) is 11.9 Å². The molecular weight excluding hydrogens is 252 g/mol. The highest BCUT2D eigenvalue weighted by Gasteiger charge is 2.50.